The van der Waals surface area contributed by atoms with E-state index < -0.39 is 0 Å². The molecule has 0 aliphatic rings. The van der Waals surface area contributed by atoms with Crippen molar-refractivity contribution in [1.82, 2.24) is 15.3 Å². The van der Waals surface area contributed by atoms with Crippen molar-refractivity contribution in [3.63, 3.8) is 0 Å². The Kier molecular flexibility index (Phi) is 5.49. The average molecular weight is 367 g/mol. The number of benzene rings is 2. The lowest BCUT2D eigenvalue weighted by molar-refractivity contribution is 0.0946. The fourth-order valence-corrected chi connectivity index (χ4v) is 2.60. The maximum atomic E-state index is 12.4. The van der Waals surface area contributed by atoms with Crippen LogP contribution >= 0.6 is 11.6 Å². The van der Waals surface area contributed by atoms with Gasteiger partial charge in [0.1, 0.15) is 5.69 Å². The van der Waals surface area contributed by atoms with E-state index in [9.17, 15) is 4.79 Å². The number of aryl methyl sites for hydroxylation is 2. The van der Waals surface area contributed by atoms with Crippen molar-refractivity contribution in [3.05, 3.63) is 82.1 Å². The summed E-state index contributed by atoms with van der Waals surface area (Å²) in [6.07, 6.45) is 1.56. The number of hydrogen-bond donors (Lipinski definition) is 2. The molecule has 0 saturated heterocycles. The monoisotopic (exact) mass is 366 g/mol. The maximum Gasteiger partial charge on any atom is 0.270 e. The summed E-state index contributed by atoms with van der Waals surface area (Å²) in [6.45, 7) is 4.43. The fourth-order valence-electron chi connectivity index (χ4n) is 2.40. The van der Waals surface area contributed by atoms with Crippen molar-refractivity contribution in [2.45, 2.75) is 20.4 Å². The molecule has 1 heterocycles. The van der Waals surface area contributed by atoms with Crippen LogP contribution in [0.5, 0.6) is 0 Å². The minimum absolute atomic E-state index is 0.282. The lowest BCUT2D eigenvalue weighted by atomic mass is 10.1. The Labute approximate surface area is 157 Å². The van der Waals surface area contributed by atoms with Crippen molar-refractivity contribution >= 4 is 29.1 Å². The summed E-state index contributed by atoms with van der Waals surface area (Å²) < 4.78 is 0. The molecule has 3 aromatic rings. The number of amides is 1. The number of halogens is 1. The van der Waals surface area contributed by atoms with Crippen LogP contribution in [0.25, 0.3) is 0 Å². The quantitative estimate of drug-likeness (QED) is 0.701. The number of hydrogen-bond acceptors (Lipinski definition) is 4. The molecule has 0 bridgehead atoms. The van der Waals surface area contributed by atoms with Crippen LogP contribution in [0.2, 0.25) is 5.02 Å². The molecule has 0 fully saturated rings. The molecular formula is C20H19ClN4O. The molecule has 26 heavy (non-hydrogen) atoms. The zero-order valence-corrected chi connectivity index (χ0v) is 15.3. The first-order valence-corrected chi connectivity index (χ1v) is 8.59. The van der Waals surface area contributed by atoms with Crippen molar-refractivity contribution < 1.29 is 4.79 Å². The first-order chi connectivity index (χ1) is 12.5. The molecule has 0 aliphatic carbocycles. The lowest BCUT2D eigenvalue weighted by Gasteiger charge is -2.09. The van der Waals surface area contributed by atoms with Crippen molar-refractivity contribution in [3.8, 4) is 0 Å². The largest absolute Gasteiger partial charge is 0.347 e. The number of anilines is 2. The summed E-state index contributed by atoms with van der Waals surface area (Å²) in [6, 6.07) is 15.0. The highest BCUT2D eigenvalue weighted by Gasteiger charge is 2.10. The van der Waals surface area contributed by atoms with Gasteiger partial charge in [-0.05, 0) is 54.8 Å². The molecule has 0 unspecified atom stereocenters. The van der Waals surface area contributed by atoms with E-state index in [-0.39, 0.29) is 5.91 Å². The van der Waals surface area contributed by atoms with E-state index in [2.05, 4.69) is 27.5 Å². The van der Waals surface area contributed by atoms with E-state index in [1.54, 1.807) is 18.3 Å². The topological polar surface area (TPSA) is 66.9 Å². The van der Waals surface area contributed by atoms with Crippen molar-refractivity contribution in [1.29, 1.82) is 0 Å². The van der Waals surface area contributed by atoms with E-state index in [1.165, 1.54) is 11.1 Å². The van der Waals surface area contributed by atoms with Crippen LogP contribution in [-0.4, -0.2) is 15.9 Å². The number of rotatable bonds is 5. The normalized spacial score (nSPS) is 10.4. The number of aromatic nitrogens is 2. The first-order valence-electron chi connectivity index (χ1n) is 8.22. The number of carbonyl (C=O) groups is 1. The minimum atomic E-state index is -0.282. The van der Waals surface area contributed by atoms with Crippen LogP contribution in [-0.2, 0) is 6.54 Å². The Morgan fingerprint density at radius 1 is 1.08 bits per heavy atom. The van der Waals surface area contributed by atoms with Gasteiger partial charge in [0.05, 0.1) is 0 Å². The summed E-state index contributed by atoms with van der Waals surface area (Å²) >= 11 is 6.11. The molecule has 2 aromatic carbocycles. The Morgan fingerprint density at radius 2 is 1.88 bits per heavy atom. The second-order valence-corrected chi connectivity index (χ2v) is 6.37. The van der Waals surface area contributed by atoms with E-state index >= 15 is 0 Å². The van der Waals surface area contributed by atoms with Gasteiger partial charge in [0.2, 0.25) is 5.95 Å². The van der Waals surface area contributed by atoms with Gasteiger partial charge in [-0.2, -0.15) is 0 Å². The third-order valence-electron chi connectivity index (χ3n) is 4.05. The van der Waals surface area contributed by atoms with Gasteiger partial charge in [0.25, 0.3) is 5.91 Å². The van der Waals surface area contributed by atoms with Crippen LogP contribution in [0.1, 0.15) is 27.2 Å². The molecule has 6 heteroatoms. The molecule has 0 saturated carbocycles. The molecule has 3 rings (SSSR count). The molecule has 0 aliphatic heterocycles. The van der Waals surface area contributed by atoms with Gasteiger partial charge in [-0.25, -0.2) is 9.97 Å². The Bertz CT molecular complexity index is 943. The molecule has 0 radical (unpaired) electrons. The fraction of sp³-hybridized carbons (Fsp3) is 0.150. The molecular weight excluding hydrogens is 348 g/mol. The van der Waals surface area contributed by atoms with Gasteiger partial charge in [-0.1, -0.05) is 35.9 Å². The smallest absolute Gasteiger partial charge is 0.270 e. The van der Waals surface area contributed by atoms with Crippen LogP contribution < -0.4 is 10.6 Å². The zero-order valence-electron chi connectivity index (χ0n) is 14.6. The Hall–Kier alpha value is -2.92. The van der Waals surface area contributed by atoms with E-state index in [0.29, 0.717) is 23.2 Å². The summed E-state index contributed by atoms with van der Waals surface area (Å²) in [5, 5.41) is 6.57. The molecule has 1 aromatic heterocycles. The molecule has 2 N–H and O–H groups in total. The summed E-state index contributed by atoms with van der Waals surface area (Å²) in [7, 11) is 0. The summed E-state index contributed by atoms with van der Waals surface area (Å²) in [5.41, 5.74) is 4.40. The van der Waals surface area contributed by atoms with Gasteiger partial charge >= 0.3 is 0 Å². The molecule has 0 atom stereocenters. The van der Waals surface area contributed by atoms with Gasteiger partial charge in [-0.3, -0.25) is 4.79 Å². The van der Waals surface area contributed by atoms with Crippen LogP contribution in [0.3, 0.4) is 0 Å². The van der Waals surface area contributed by atoms with E-state index in [4.69, 9.17) is 11.6 Å². The molecule has 1 amide bonds. The predicted molar refractivity (Wildman–Crippen MR) is 104 cm³/mol. The number of nitrogens with one attached hydrogen (secondary N) is 2. The Morgan fingerprint density at radius 3 is 2.65 bits per heavy atom. The SMILES string of the molecule is Cc1ccc(Nc2nccc(C(=O)NCc3ccccc3Cl)n2)cc1C. The summed E-state index contributed by atoms with van der Waals surface area (Å²) in [5.74, 6) is 0.0918. The van der Waals surface area contributed by atoms with Gasteiger partial charge in [0.15, 0.2) is 0 Å². The number of nitrogens with zero attached hydrogens (tertiary/aromatic N) is 2. The van der Waals surface area contributed by atoms with Gasteiger partial charge in [-0.15, -0.1) is 0 Å². The molecule has 5 nitrogen and oxygen atoms in total. The second-order valence-electron chi connectivity index (χ2n) is 5.96. The highest BCUT2D eigenvalue weighted by molar-refractivity contribution is 6.31. The highest BCUT2D eigenvalue weighted by Crippen LogP contribution is 2.17. The molecule has 132 valence electrons. The molecule has 0 spiro atoms. The maximum absolute atomic E-state index is 12.4. The summed E-state index contributed by atoms with van der Waals surface area (Å²) in [4.78, 5) is 20.8. The van der Waals surface area contributed by atoms with Crippen LogP contribution in [0.15, 0.2) is 54.7 Å². The third-order valence-corrected chi connectivity index (χ3v) is 4.42. The Balaban J connectivity index is 1.69. The van der Waals surface area contributed by atoms with Crippen LogP contribution in [0, 0.1) is 13.8 Å². The van der Waals surface area contributed by atoms with Gasteiger partial charge < -0.3 is 10.6 Å². The van der Waals surface area contributed by atoms with E-state index in [1.807, 2.05) is 43.3 Å². The minimum Gasteiger partial charge on any atom is -0.347 e. The van der Waals surface area contributed by atoms with Crippen molar-refractivity contribution in [2.75, 3.05) is 5.32 Å². The average Bonchev–Trinajstić information content (AvgIpc) is 2.64. The van der Waals surface area contributed by atoms with Gasteiger partial charge in [0, 0.05) is 23.5 Å². The van der Waals surface area contributed by atoms with Crippen LogP contribution in [0.4, 0.5) is 11.6 Å². The standard InChI is InChI=1S/C20H19ClN4O/c1-13-7-8-16(11-14(13)2)24-20-22-10-9-18(25-20)19(26)23-12-15-5-3-4-6-17(15)21/h3-11H,12H2,1-2H3,(H,23,26)(H,22,24,25). The first kappa shape index (κ1) is 17.9. The lowest BCUT2D eigenvalue weighted by Crippen LogP contribution is -2.24. The number of carbonyl (C=O) groups excluding carboxylic acids is 1. The predicted octanol–water partition coefficient (Wildman–Crippen LogP) is 4.42. The van der Waals surface area contributed by atoms with E-state index in [0.717, 1.165) is 11.3 Å². The van der Waals surface area contributed by atoms with Crippen molar-refractivity contribution in [2.24, 2.45) is 0 Å². The zero-order chi connectivity index (χ0) is 18.5. The highest BCUT2D eigenvalue weighted by atomic mass is 35.5. The second kappa shape index (κ2) is 7.97. The third kappa shape index (κ3) is 4.37.